The number of carboxylic acids is 1. The third-order valence-electron chi connectivity index (χ3n) is 1.92. The highest BCUT2D eigenvalue weighted by molar-refractivity contribution is 5.88. The van der Waals surface area contributed by atoms with E-state index >= 15 is 0 Å². The lowest BCUT2D eigenvalue weighted by Gasteiger charge is -2.12. The van der Waals surface area contributed by atoms with Crippen molar-refractivity contribution in [3.8, 4) is 5.75 Å². The highest BCUT2D eigenvalue weighted by Crippen LogP contribution is 2.27. The molecule has 3 nitrogen and oxygen atoms in total. The second kappa shape index (κ2) is 6.88. The first-order valence-electron chi connectivity index (χ1n) is 5.45. The zero-order valence-corrected chi connectivity index (χ0v) is 10.3. The van der Waals surface area contributed by atoms with Crippen molar-refractivity contribution in [3.05, 3.63) is 29.3 Å². The Morgan fingerprint density at radius 3 is 2.28 bits per heavy atom. The Morgan fingerprint density at radius 2 is 1.89 bits per heavy atom. The number of alkyl halides is 3. The van der Waals surface area contributed by atoms with Crippen molar-refractivity contribution in [2.45, 2.75) is 33.6 Å². The predicted molar refractivity (Wildman–Crippen MR) is 60.8 cm³/mol. The van der Waals surface area contributed by atoms with Crippen molar-refractivity contribution >= 4 is 5.97 Å². The summed E-state index contributed by atoms with van der Waals surface area (Å²) in [5.74, 6) is -1.76. The van der Waals surface area contributed by atoms with Crippen LogP contribution in [0.25, 0.3) is 0 Å². The molecule has 0 aliphatic heterocycles. The van der Waals surface area contributed by atoms with E-state index in [4.69, 9.17) is 5.11 Å². The van der Waals surface area contributed by atoms with Gasteiger partial charge < -0.3 is 9.84 Å². The van der Waals surface area contributed by atoms with Crippen LogP contribution >= 0.6 is 0 Å². The Kier molecular flexibility index (Phi) is 6.22. The number of carboxylic acid groups (broad SMARTS) is 1. The summed E-state index contributed by atoms with van der Waals surface area (Å²) in [7, 11) is 0. The van der Waals surface area contributed by atoms with Crippen molar-refractivity contribution in [1.29, 1.82) is 0 Å². The maximum Gasteiger partial charge on any atom is 0.573 e. The van der Waals surface area contributed by atoms with E-state index in [1.165, 1.54) is 12.1 Å². The molecule has 0 radical (unpaired) electrons. The molecule has 0 amide bonds. The van der Waals surface area contributed by atoms with Crippen LogP contribution in [0.4, 0.5) is 13.2 Å². The molecule has 0 spiro atoms. The van der Waals surface area contributed by atoms with Gasteiger partial charge in [0, 0.05) is 0 Å². The molecule has 1 rings (SSSR count). The molecule has 1 N–H and O–H groups in total. The van der Waals surface area contributed by atoms with E-state index < -0.39 is 18.1 Å². The van der Waals surface area contributed by atoms with Crippen LogP contribution in [-0.2, 0) is 6.42 Å². The topological polar surface area (TPSA) is 46.5 Å². The maximum absolute atomic E-state index is 12.0. The van der Waals surface area contributed by atoms with Gasteiger partial charge in [-0.25, -0.2) is 4.79 Å². The first-order chi connectivity index (χ1) is 8.33. The largest absolute Gasteiger partial charge is 0.573 e. The monoisotopic (exact) mass is 264 g/mol. The van der Waals surface area contributed by atoms with Gasteiger partial charge in [-0.2, -0.15) is 0 Å². The number of carbonyl (C=O) groups is 1. The van der Waals surface area contributed by atoms with E-state index in [0.29, 0.717) is 12.0 Å². The average molecular weight is 264 g/mol. The minimum Gasteiger partial charge on any atom is -0.478 e. The Balaban J connectivity index is 0.00000137. The second-order valence-corrected chi connectivity index (χ2v) is 3.03. The van der Waals surface area contributed by atoms with E-state index in [2.05, 4.69) is 4.74 Å². The summed E-state index contributed by atoms with van der Waals surface area (Å²) in [5, 5.41) is 8.63. The molecule has 0 bridgehead atoms. The quantitative estimate of drug-likeness (QED) is 0.901. The molecule has 1 aromatic rings. The molecule has 0 fully saturated rings. The molecule has 18 heavy (non-hydrogen) atoms. The van der Waals surface area contributed by atoms with Crippen LogP contribution in [-0.4, -0.2) is 17.4 Å². The van der Waals surface area contributed by atoms with E-state index in [-0.39, 0.29) is 5.56 Å². The molecule has 0 aliphatic rings. The highest BCUT2D eigenvalue weighted by atomic mass is 19.4. The smallest absolute Gasteiger partial charge is 0.478 e. The molecule has 6 heteroatoms. The standard InChI is InChI=1S/C10H9F3O3.C2H6/c1-2-6-3-4-7(9(14)15)5-8(6)16-10(11,12)13;1-2/h3-5H,2H2,1H3,(H,14,15);1-2H3. The number of aromatic carboxylic acids is 1. The van der Waals surface area contributed by atoms with Crippen molar-refractivity contribution in [2.75, 3.05) is 0 Å². The molecule has 0 saturated heterocycles. The van der Waals surface area contributed by atoms with Gasteiger partial charge in [-0.05, 0) is 24.1 Å². The van der Waals surface area contributed by atoms with Crippen molar-refractivity contribution in [1.82, 2.24) is 0 Å². The average Bonchev–Trinajstić information content (AvgIpc) is 2.29. The third kappa shape index (κ3) is 5.07. The zero-order chi connectivity index (χ0) is 14.3. The van der Waals surface area contributed by atoms with Crippen LogP contribution < -0.4 is 4.74 Å². The van der Waals surface area contributed by atoms with Crippen LogP contribution in [0.1, 0.15) is 36.7 Å². The molecule has 0 unspecified atom stereocenters. The van der Waals surface area contributed by atoms with Gasteiger partial charge in [0.05, 0.1) is 5.56 Å². The Labute approximate surface area is 103 Å². The summed E-state index contributed by atoms with van der Waals surface area (Å²) in [6.45, 7) is 5.65. The van der Waals surface area contributed by atoms with Crippen LogP contribution in [0, 0.1) is 0 Å². The van der Waals surface area contributed by atoms with Crippen molar-refractivity contribution in [2.24, 2.45) is 0 Å². The molecular weight excluding hydrogens is 249 g/mol. The highest BCUT2D eigenvalue weighted by Gasteiger charge is 2.32. The van der Waals surface area contributed by atoms with Gasteiger partial charge in [0.25, 0.3) is 0 Å². The minimum atomic E-state index is -4.82. The van der Waals surface area contributed by atoms with Gasteiger partial charge in [-0.15, -0.1) is 13.2 Å². The van der Waals surface area contributed by atoms with E-state index in [1.807, 2.05) is 13.8 Å². The van der Waals surface area contributed by atoms with Gasteiger partial charge in [-0.1, -0.05) is 26.8 Å². The molecular formula is C12H15F3O3. The lowest BCUT2D eigenvalue weighted by Crippen LogP contribution is -2.18. The first-order valence-corrected chi connectivity index (χ1v) is 5.45. The summed E-state index contributed by atoms with van der Waals surface area (Å²) in [6, 6.07) is 3.42. The number of ether oxygens (including phenoxy) is 1. The maximum atomic E-state index is 12.0. The summed E-state index contributed by atoms with van der Waals surface area (Å²) >= 11 is 0. The van der Waals surface area contributed by atoms with Gasteiger partial charge in [-0.3, -0.25) is 0 Å². The number of hydrogen-bond donors (Lipinski definition) is 1. The number of halogens is 3. The molecule has 1 aromatic carbocycles. The Hall–Kier alpha value is -1.72. The summed E-state index contributed by atoms with van der Waals surface area (Å²) in [4.78, 5) is 10.6. The fourth-order valence-corrected chi connectivity index (χ4v) is 1.20. The lowest BCUT2D eigenvalue weighted by atomic mass is 10.1. The molecule has 0 aliphatic carbocycles. The van der Waals surface area contributed by atoms with Crippen LogP contribution in [0.3, 0.4) is 0 Å². The normalized spacial score (nSPS) is 10.3. The summed E-state index contributed by atoms with van der Waals surface area (Å²) in [5.41, 5.74) is 0.0683. The Morgan fingerprint density at radius 1 is 1.33 bits per heavy atom. The van der Waals surface area contributed by atoms with Crippen molar-refractivity contribution in [3.63, 3.8) is 0 Å². The minimum absolute atomic E-state index is 0.239. The summed E-state index contributed by atoms with van der Waals surface area (Å²) < 4.78 is 39.8. The van der Waals surface area contributed by atoms with Gasteiger partial charge in [0.15, 0.2) is 0 Å². The predicted octanol–water partition coefficient (Wildman–Crippen LogP) is 3.87. The molecule has 0 saturated carbocycles. The van der Waals surface area contributed by atoms with Crippen LogP contribution in [0.2, 0.25) is 0 Å². The van der Waals surface area contributed by atoms with Gasteiger partial charge in [0.2, 0.25) is 0 Å². The van der Waals surface area contributed by atoms with Crippen LogP contribution in [0.5, 0.6) is 5.75 Å². The summed E-state index contributed by atoms with van der Waals surface area (Å²) in [6.07, 6.45) is -4.49. The van der Waals surface area contributed by atoms with E-state index in [9.17, 15) is 18.0 Å². The zero-order valence-electron chi connectivity index (χ0n) is 10.3. The number of benzene rings is 1. The number of aryl methyl sites for hydroxylation is 1. The third-order valence-corrected chi connectivity index (χ3v) is 1.92. The van der Waals surface area contributed by atoms with Crippen molar-refractivity contribution < 1.29 is 27.8 Å². The molecule has 0 heterocycles. The first kappa shape index (κ1) is 16.3. The molecule has 0 aromatic heterocycles. The van der Waals surface area contributed by atoms with E-state index in [1.54, 1.807) is 6.92 Å². The SMILES string of the molecule is CC.CCc1ccc(C(=O)O)cc1OC(F)(F)F. The second-order valence-electron chi connectivity index (χ2n) is 3.03. The van der Waals surface area contributed by atoms with Crippen LogP contribution in [0.15, 0.2) is 18.2 Å². The lowest BCUT2D eigenvalue weighted by molar-refractivity contribution is -0.274. The molecule has 0 atom stereocenters. The number of rotatable bonds is 3. The van der Waals surface area contributed by atoms with E-state index in [0.717, 1.165) is 6.07 Å². The number of hydrogen-bond acceptors (Lipinski definition) is 2. The fourth-order valence-electron chi connectivity index (χ4n) is 1.20. The van der Waals surface area contributed by atoms with Gasteiger partial charge >= 0.3 is 12.3 Å². The fraction of sp³-hybridized carbons (Fsp3) is 0.417. The van der Waals surface area contributed by atoms with Gasteiger partial charge in [0.1, 0.15) is 5.75 Å². The molecule has 102 valence electrons. The Bertz CT molecular complexity index is 400.